The van der Waals surface area contributed by atoms with E-state index in [-0.39, 0.29) is 19.5 Å². The summed E-state index contributed by atoms with van der Waals surface area (Å²) >= 11 is 0. The van der Waals surface area contributed by atoms with Crippen LogP contribution in [0.15, 0.2) is 103 Å². The van der Waals surface area contributed by atoms with Crippen molar-refractivity contribution in [2.75, 3.05) is 6.16 Å². The zero-order chi connectivity index (χ0) is 24.1. The van der Waals surface area contributed by atoms with E-state index in [0.29, 0.717) is 0 Å². The van der Waals surface area contributed by atoms with Gasteiger partial charge < -0.3 is 12.2 Å². The van der Waals surface area contributed by atoms with Crippen LogP contribution in [-0.2, 0) is 19.5 Å². The topological polar surface area (TPSA) is 0 Å². The van der Waals surface area contributed by atoms with E-state index in [2.05, 4.69) is 122 Å². The van der Waals surface area contributed by atoms with Gasteiger partial charge in [-0.3, -0.25) is 12.2 Å². The number of hydrogen-bond acceptors (Lipinski definition) is 0. The minimum Gasteiger partial charge on any atom is -0.500 e. The van der Waals surface area contributed by atoms with Crippen LogP contribution < -0.4 is 15.9 Å². The van der Waals surface area contributed by atoms with Gasteiger partial charge in [-0.05, 0) is 56.2 Å². The van der Waals surface area contributed by atoms with Gasteiger partial charge in [0.1, 0.15) is 0 Å². The van der Waals surface area contributed by atoms with E-state index in [4.69, 9.17) is 0 Å². The van der Waals surface area contributed by atoms with Gasteiger partial charge in [-0.2, -0.15) is 12.8 Å². The second-order valence-corrected chi connectivity index (χ2v) is 15.6. The van der Waals surface area contributed by atoms with E-state index < -0.39 is 15.8 Å². The Balaban J connectivity index is 0.000000344. The maximum absolute atomic E-state index is 3.19. The normalized spacial score (nSPS) is 19.9. The Bertz CT molecular complexity index is 968. The SMILES string of the molecule is C[C@H](C[C@H]1CCC[PH+]1c1ccccc1)[PH+](c1ccccc1)c1ccccc1.[C-]1=CCC[C-]=CCC1.[Rh+2]. The molecular weight excluding hydrogens is 561 g/mol. The van der Waals surface area contributed by atoms with Crippen LogP contribution in [0.3, 0.4) is 0 Å². The maximum atomic E-state index is 3.19. The smallest absolute Gasteiger partial charge is 0.500 e. The first-order valence-electron chi connectivity index (χ1n) is 13.3. The zero-order valence-electron chi connectivity index (χ0n) is 21.5. The van der Waals surface area contributed by atoms with Crippen LogP contribution in [0.25, 0.3) is 0 Å². The molecule has 0 spiro atoms. The molecule has 1 aliphatic carbocycles. The zero-order valence-corrected chi connectivity index (χ0v) is 25.1. The molecule has 3 heteroatoms. The van der Waals surface area contributed by atoms with Crippen molar-refractivity contribution in [1.29, 1.82) is 0 Å². The number of rotatable bonds is 6. The van der Waals surface area contributed by atoms with Gasteiger partial charge >= 0.3 is 19.5 Å². The van der Waals surface area contributed by atoms with Crippen LogP contribution in [0.1, 0.15) is 51.9 Å². The second kappa shape index (κ2) is 16.5. The average molecular weight is 602 g/mol. The molecule has 0 bridgehead atoms. The Labute approximate surface area is 235 Å². The van der Waals surface area contributed by atoms with E-state index >= 15 is 0 Å². The molecule has 1 aliphatic heterocycles. The molecule has 5 rings (SSSR count). The summed E-state index contributed by atoms with van der Waals surface area (Å²) in [6, 6.07) is 34.0. The summed E-state index contributed by atoms with van der Waals surface area (Å²) < 4.78 is 0. The summed E-state index contributed by atoms with van der Waals surface area (Å²) in [5, 5.41) is 4.78. The minimum atomic E-state index is -0.753. The predicted octanol–water partition coefficient (Wildman–Crippen LogP) is 7.61. The van der Waals surface area contributed by atoms with Gasteiger partial charge in [0.15, 0.2) is 0 Å². The van der Waals surface area contributed by atoms with Crippen LogP contribution in [0.4, 0.5) is 0 Å². The molecule has 0 N–H and O–H groups in total. The van der Waals surface area contributed by atoms with Crippen LogP contribution in [0.5, 0.6) is 0 Å². The fourth-order valence-electron chi connectivity index (χ4n) is 5.44. The molecule has 1 heterocycles. The van der Waals surface area contributed by atoms with Crippen LogP contribution in [0, 0.1) is 12.2 Å². The first kappa shape index (κ1) is 29.2. The minimum absolute atomic E-state index is 0. The number of hydrogen-bond donors (Lipinski definition) is 0. The van der Waals surface area contributed by atoms with E-state index in [1.807, 2.05) is 0 Å². The van der Waals surface area contributed by atoms with Gasteiger partial charge in [-0.15, -0.1) is 0 Å². The summed E-state index contributed by atoms with van der Waals surface area (Å²) in [7, 11) is -1.16. The first-order chi connectivity index (χ1) is 17.3. The van der Waals surface area contributed by atoms with Gasteiger partial charge in [0.05, 0.1) is 41.3 Å². The molecule has 1 saturated heterocycles. The van der Waals surface area contributed by atoms with Crippen molar-refractivity contribution in [3.8, 4) is 0 Å². The Kier molecular flexibility index (Phi) is 13.3. The standard InChI is InChI=1S/C25H28P2.C8H10.Rh/c1-21(20-25-18-11-19-26(25)22-12-5-2-6-13-22)27(23-14-7-3-8-15-23)24-16-9-4-10-17-24;1-2-4-6-8-7-5-3-1;/h2-10,12-17,21,25H,11,18-20H2,1H3;1,8H,2,4-5,7H2;/q;-2;+2/p+2/t21-,25-,26?;;/m1../s1. The molecule has 0 amide bonds. The fourth-order valence-corrected chi connectivity index (χ4v) is 12.3. The molecule has 2 aliphatic rings. The van der Waals surface area contributed by atoms with E-state index in [9.17, 15) is 0 Å². The van der Waals surface area contributed by atoms with Crippen molar-refractivity contribution < 1.29 is 19.5 Å². The molecule has 36 heavy (non-hydrogen) atoms. The Morgan fingerprint density at radius 3 is 1.81 bits per heavy atom. The molecule has 1 unspecified atom stereocenters. The van der Waals surface area contributed by atoms with E-state index in [1.54, 1.807) is 15.9 Å². The van der Waals surface area contributed by atoms with Crippen molar-refractivity contribution >= 4 is 31.8 Å². The van der Waals surface area contributed by atoms with Crippen molar-refractivity contribution in [2.45, 2.75) is 63.2 Å². The van der Waals surface area contributed by atoms with E-state index in [0.717, 1.165) is 37.0 Å². The van der Waals surface area contributed by atoms with Gasteiger partial charge in [0.25, 0.3) is 0 Å². The quantitative estimate of drug-likeness (QED) is 0.155. The Hall–Kier alpha value is -1.38. The third kappa shape index (κ3) is 8.88. The number of allylic oxidation sites excluding steroid dienone is 4. The molecular formula is C33H40P2Rh+2. The van der Waals surface area contributed by atoms with Gasteiger partial charge in [-0.1, -0.05) is 67.4 Å². The van der Waals surface area contributed by atoms with Gasteiger partial charge in [-0.25, -0.2) is 0 Å². The molecule has 1 fully saturated rings. The first-order valence-corrected chi connectivity index (χ1v) is 16.7. The molecule has 3 atom stereocenters. The van der Waals surface area contributed by atoms with Crippen LogP contribution in [0.2, 0.25) is 0 Å². The second-order valence-electron chi connectivity index (χ2n) is 9.66. The van der Waals surface area contributed by atoms with Crippen molar-refractivity contribution in [1.82, 2.24) is 0 Å². The van der Waals surface area contributed by atoms with Crippen LogP contribution in [-0.4, -0.2) is 17.5 Å². The summed E-state index contributed by atoms with van der Waals surface area (Å²) in [5.74, 6) is 0. The fraction of sp³-hybridized carbons (Fsp3) is 0.333. The summed E-state index contributed by atoms with van der Waals surface area (Å²) in [5.41, 5.74) is 1.69. The van der Waals surface area contributed by atoms with E-state index in [1.165, 1.54) is 25.4 Å². The van der Waals surface area contributed by atoms with Crippen LogP contribution >= 0.6 is 15.8 Å². The predicted molar refractivity (Wildman–Crippen MR) is 161 cm³/mol. The van der Waals surface area contributed by atoms with Crippen molar-refractivity contribution in [3.05, 3.63) is 115 Å². The molecule has 0 nitrogen and oxygen atoms in total. The molecule has 1 radical (unpaired) electrons. The molecule has 0 saturated carbocycles. The third-order valence-electron chi connectivity index (χ3n) is 7.09. The van der Waals surface area contributed by atoms with Gasteiger partial charge in [0.2, 0.25) is 0 Å². The summed E-state index contributed by atoms with van der Waals surface area (Å²) in [4.78, 5) is 0. The molecule has 3 aromatic rings. The molecule has 189 valence electrons. The average Bonchev–Trinajstić information content (AvgIpc) is 3.34. The Morgan fingerprint density at radius 2 is 1.28 bits per heavy atom. The monoisotopic (exact) mass is 601 g/mol. The molecule has 0 aromatic heterocycles. The largest absolute Gasteiger partial charge is 2.00 e. The van der Waals surface area contributed by atoms with Crippen molar-refractivity contribution in [2.24, 2.45) is 0 Å². The summed E-state index contributed by atoms with van der Waals surface area (Å²) in [6.45, 7) is 2.52. The maximum Gasteiger partial charge on any atom is 2.00 e. The third-order valence-corrected chi connectivity index (χ3v) is 13.7. The number of benzene rings is 3. The van der Waals surface area contributed by atoms with Crippen molar-refractivity contribution in [3.63, 3.8) is 0 Å². The Morgan fingerprint density at radius 1 is 0.778 bits per heavy atom. The molecule has 3 aromatic carbocycles. The van der Waals surface area contributed by atoms with Gasteiger partial charge in [0, 0.05) is 14.3 Å². The summed E-state index contributed by atoms with van der Waals surface area (Å²) in [6.07, 6.45) is 20.7.